The summed E-state index contributed by atoms with van der Waals surface area (Å²) in [6.45, 7) is 0.469. The van der Waals surface area contributed by atoms with E-state index in [0.29, 0.717) is 29.9 Å². The molecule has 0 aliphatic carbocycles. The highest BCUT2D eigenvalue weighted by molar-refractivity contribution is 6.23. The lowest BCUT2D eigenvalue weighted by Crippen LogP contribution is -2.50. The molecular weight excluding hydrogens is 356 g/mol. The second-order valence-electron chi connectivity index (χ2n) is 6.82. The molecule has 7 nitrogen and oxygen atoms in total. The van der Waals surface area contributed by atoms with Gasteiger partial charge in [-0.15, -0.1) is 6.42 Å². The number of anilines is 2. The Labute approximate surface area is 162 Å². The first-order valence-corrected chi connectivity index (χ1v) is 8.87. The summed E-state index contributed by atoms with van der Waals surface area (Å²) in [5, 5.41) is 5.57. The van der Waals surface area contributed by atoms with Gasteiger partial charge in [0, 0.05) is 17.8 Å². The van der Waals surface area contributed by atoms with Crippen LogP contribution in [0.2, 0.25) is 0 Å². The summed E-state index contributed by atoms with van der Waals surface area (Å²) in [5.41, 5.74) is 0.655. The smallest absolute Gasteiger partial charge is 0.322 e. The Morgan fingerprint density at radius 1 is 1.14 bits per heavy atom. The summed E-state index contributed by atoms with van der Waals surface area (Å²) in [6.07, 6.45) is 5.74. The van der Waals surface area contributed by atoms with Crippen LogP contribution >= 0.6 is 0 Å². The molecule has 1 spiro atoms. The Morgan fingerprint density at radius 2 is 1.93 bits per heavy atom. The van der Waals surface area contributed by atoms with Gasteiger partial charge in [0.1, 0.15) is 5.54 Å². The van der Waals surface area contributed by atoms with Gasteiger partial charge in [-0.1, -0.05) is 30.2 Å². The third-order valence-corrected chi connectivity index (χ3v) is 5.01. The zero-order valence-corrected chi connectivity index (χ0v) is 15.0. The van der Waals surface area contributed by atoms with E-state index < -0.39 is 11.6 Å². The van der Waals surface area contributed by atoms with Crippen LogP contribution in [0.4, 0.5) is 21.0 Å². The van der Waals surface area contributed by atoms with Crippen LogP contribution in [-0.2, 0) is 4.79 Å². The average molecular weight is 374 g/mol. The molecule has 2 aromatic carbocycles. The molecule has 2 saturated heterocycles. The van der Waals surface area contributed by atoms with Gasteiger partial charge in [0.2, 0.25) is 0 Å². The fourth-order valence-corrected chi connectivity index (χ4v) is 3.58. The predicted molar refractivity (Wildman–Crippen MR) is 105 cm³/mol. The molecule has 2 aliphatic heterocycles. The largest absolute Gasteiger partial charge is 0.329 e. The first kappa shape index (κ1) is 17.6. The van der Waals surface area contributed by atoms with Gasteiger partial charge in [0.25, 0.3) is 5.91 Å². The number of nitrogens with one attached hydrogen (secondary N) is 2. The molecule has 0 radical (unpaired) electrons. The number of benzene rings is 2. The molecule has 4 rings (SSSR count). The first-order valence-electron chi connectivity index (χ1n) is 8.87. The third-order valence-electron chi connectivity index (χ3n) is 5.01. The van der Waals surface area contributed by atoms with Gasteiger partial charge in [0.15, 0.2) is 0 Å². The van der Waals surface area contributed by atoms with Crippen LogP contribution in [0, 0.1) is 12.3 Å². The number of para-hydroxylation sites is 1. The number of likely N-dealkylation sites (tertiary alicyclic amines) is 1. The zero-order chi connectivity index (χ0) is 19.7. The van der Waals surface area contributed by atoms with Crippen molar-refractivity contribution in [3.8, 4) is 12.3 Å². The molecular formula is C21H18N4O3. The molecule has 0 saturated carbocycles. The quantitative estimate of drug-likeness (QED) is 0.626. The van der Waals surface area contributed by atoms with Gasteiger partial charge in [-0.05, 0) is 36.8 Å². The second kappa shape index (κ2) is 6.74. The Bertz CT molecular complexity index is 998. The van der Waals surface area contributed by atoms with Gasteiger partial charge in [-0.25, -0.2) is 14.5 Å². The molecule has 2 heterocycles. The molecule has 0 aromatic heterocycles. The Kier molecular flexibility index (Phi) is 4.24. The molecule has 28 heavy (non-hydrogen) atoms. The van der Waals surface area contributed by atoms with Crippen LogP contribution < -0.4 is 15.5 Å². The predicted octanol–water partition coefficient (Wildman–Crippen LogP) is 2.40. The Balaban J connectivity index is 1.49. The zero-order valence-electron chi connectivity index (χ0n) is 15.0. The van der Waals surface area contributed by atoms with E-state index in [-0.39, 0.29) is 18.5 Å². The fraction of sp³-hybridized carbons (Fsp3) is 0.190. The molecule has 2 N–H and O–H groups in total. The highest BCUT2D eigenvalue weighted by Gasteiger charge is 2.55. The van der Waals surface area contributed by atoms with E-state index in [2.05, 4.69) is 16.6 Å². The number of imide groups is 1. The number of amides is 5. The van der Waals surface area contributed by atoms with Crippen molar-refractivity contribution in [2.45, 2.75) is 12.0 Å². The third kappa shape index (κ3) is 2.95. The van der Waals surface area contributed by atoms with Crippen molar-refractivity contribution in [1.29, 1.82) is 0 Å². The number of nitrogens with zero attached hydrogens (tertiary/aromatic N) is 2. The van der Waals surface area contributed by atoms with Crippen LogP contribution in [0.5, 0.6) is 0 Å². The highest BCUT2D eigenvalue weighted by Crippen LogP contribution is 2.32. The van der Waals surface area contributed by atoms with E-state index in [0.717, 1.165) is 4.90 Å². The normalized spacial score (nSPS) is 21.0. The second-order valence-corrected chi connectivity index (χ2v) is 6.82. The monoisotopic (exact) mass is 374 g/mol. The van der Waals surface area contributed by atoms with E-state index >= 15 is 0 Å². The van der Waals surface area contributed by atoms with Crippen molar-refractivity contribution >= 4 is 29.3 Å². The molecule has 0 bridgehead atoms. The number of carbonyl (C=O) groups excluding carboxylic acids is 3. The molecule has 2 aliphatic rings. The maximum Gasteiger partial charge on any atom is 0.329 e. The van der Waals surface area contributed by atoms with E-state index in [4.69, 9.17) is 6.42 Å². The van der Waals surface area contributed by atoms with Crippen LogP contribution in [-0.4, -0.2) is 41.5 Å². The number of hydrogen-bond acceptors (Lipinski definition) is 3. The molecule has 2 aromatic rings. The summed E-state index contributed by atoms with van der Waals surface area (Å²) in [4.78, 5) is 40.7. The maximum absolute atomic E-state index is 13.0. The lowest BCUT2D eigenvalue weighted by atomic mass is 9.99. The Hall–Kier alpha value is -3.79. The SMILES string of the molecule is C#Cc1cccc(NC(=O)N2CCC3(C2)NC(=O)N(c2ccccc2)C3=O)c1. The minimum absolute atomic E-state index is 0.113. The minimum Gasteiger partial charge on any atom is -0.322 e. The molecule has 1 atom stereocenters. The van der Waals surface area contributed by atoms with Crippen LogP contribution in [0.25, 0.3) is 0 Å². The fourth-order valence-electron chi connectivity index (χ4n) is 3.58. The maximum atomic E-state index is 13.0. The summed E-state index contributed by atoms with van der Waals surface area (Å²) < 4.78 is 0. The molecule has 2 fully saturated rings. The van der Waals surface area contributed by atoms with Crippen molar-refractivity contribution in [3.63, 3.8) is 0 Å². The Morgan fingerprint density at radius 3 is 2.68 bits per heavy atom. The number of urea groups is 2. The van der Waals surface area contributed by atoms with Crippen LogP contribution in [0.3, 0.4) is 0 Å². The number of terminal acetylenes is 1. The summed E-state index contributed by atoms with van der Waals surface area (Å²) in [5.74, 6) is 2.18. The lowest BCUT2D eigenvalue weighted by Gasteiger charge is -2.22. The van der Waals surface area contributed by atoms with Crippen molar-refractivity contribution in [2.75, 3.05) is 23.3 Å². The number of hydrogen-bond donors (Lipinski definition) is 2. The molecule has 1 unspecified atom stereocenters. The average Bonchev–Trinajstić information content (AvgIpc) is 3.24. The van der Waals surface area contributed by atoms with Gasteiger partial charge in [-0.3, -0.25) is 4.79 Å². The van der Waals surface area contributed by atoms with Gasteiger partial charge >= 0.3 is 12.1 Å². The van der Waals surface area contributed by atoms with Crippen molar-refractivity contribution in [3.05, 3.63) is 60.2 Å². The van der Waals surface area contributed by atoms with Gasteiger partial charge in [-0.2, -0.15) is 0 Å². The molecule has 7 heteroatoms. The minimum atomic E-state index is -1.09. The summed E-state index contributed by atoms with van der Waals surface area (Å²) >= 11 is 0. The van der Waals surface area contributed by atoms with Gasteiger partial charge < -0.3 is 15.5 Å². The standard InChI is InChI=1S/C21H18N4O3/c1-2-15-7-6-8-16(13-15)22-19(27)24-12-11-21(14-24)18(26)25(20(28)23-21)17-9-4-3-5-10-17/h1,3-10,13H,11-12,14H2,(H,22,27)(H,23,28). The molecule has 5 amide bonds. The van der Waals surface area contributed by atoms with Crippen molar-refractivity contribution in [2.24, 2.45) is 0 Å². The van der Waals surface area contributed by atoms with E-state index in [1.807, 2.05) is 6.07 Å². The van der Waals surface area contributed by atoms with Crippen LogP contribution in [0.1, 0.15) is 12.0 Å². The van der Waals surface area contributed by atoms with E-state index in [1.165, 1.54) is 4.90 Å². The van der Waals surface area contributed by atoms with Crippen molar-refractivity contribution in [1.82, 2.24) is 10.2 Å². The number of carbonyl (C=O) groups is 3. The van der Waals surface area contributed by atoms with Gasteiger partial charge in [0.05, 0.1) is 12.2 Å². The summed E-state index contributed by atoms with van der Waals surface area (Å²) in [7, 11) is 0. The molecule has 140 valence electrons. The first-order chi connectivity index (χ1) is 13.5. The highest BCUT2D eigenvalue weighted by atomic mass is 16.2. The van der Waals surface area contributed by atoms with E-state index in [9.17, 15) is 14.4 Å². The topological polar surface area (TPSA) is 81.8 Å². The van der Waals surface area contributed by atoms with Crippen LogP contribution in [0.15, 0.2) is 54.6 Å². The van der Waals surface area contributed by atoms with Crippen molar-refractivity contribution < 1.29 is 14.4 Å². The number of rotatable bonds is 2. The van der Waals surface area contributed by atoms with E-state index in [1.54, 1.807) is 48.5 Å². The lowest BCUT2D eigenvalue weighted by molar-refractivity contribution is -0.121. The summed E-state index contributed by atoms with van der Waals surface area (Å²) in [6, 6.07) is 14.9.